The van der Waals surface area contributed by atoms with Gasteiger partial charge in [0.05, 0.1) is 0 Å². The van der Waals surface area contributed by atoms with Gasteiger partial charge in [-0.2, -0.15) is 0 Å². The van der Waals surface area contributed by atoms with Crippen LogP contribution in [-0.2, 0) is 9.59 Å². The van der Waals surface area contributed by atoms with E-state index in [1.54, 1.807) is 0 Å². The highest BCUT2D eigenvalue weighted by Crippen LogP contribution is 2.24. The van der Waals surface area contributed by atoms with Crippen LogP contribution in [0.5, 0.6) is 0 Å². The van der Waals surface area contributed by atoms with E-state index in [1.807, 2.05) is 0 Å². The van der Waals surface area contributed by atoms with Crippen LogP contribution >= 0.6 is 0 Å². The second-order valence-corrected chi connectivity index (χ2v) is 4.52. The number of carbonyl (C=O) groups is 3. The van der Waals surface area contributed by atoms with Crippen LogP contribution in [0.4, 0.5) is 4.79 Å². The minimum atomic E-state index is -1.17. The van der Waals surface area contributed by atoms with Crippen LogP contribution in [0.2, 0.25) is 0 Å². The van der Waals surface area contributed by atoms with Gasteiger partial charge in [0.25, 0.3) is 5.91 Å². The lowest BCUT2D eigenvalue weighted by Crippen LogP contribution is -2.42. The normalized spacial score (nSPS) is 16.3. The van der Waals surface area contributed by atoms with E-state index in [9.17, 15) is 14.4 Å². The smallest absolute Gasteiger partial charge is 0.331 e. The van der Waals surface area contributed by atoms with Gasteiger partial charge < -0.3 is 10.4 Å². The molecule has 0 aliphatic heterocycles. The minimum Gasteiger partial charge on any atom is -0.478 e. The van der Waals surface area contributed by atoms with Crippen molar-refractivity contribution in [2.24, 2.45) is 5.92 Å². The summed E-state index contributed by atoms with van der Waals surface area (Å²) in [4.78, 5) is 33.6. The first-order chi connectivity index (χ1) is 8.41. The van der Waals surface area contributed by atoms with Crippen molar-refractivity contribution in [2.45, 2.75) is 33.1 Å². The summed E-state index contributed by atoms with van der Waals surface area (Å²) in [7, 11) is 0. The van der Waals surface area contributed by atoms with Crippen molar-refractivity contribution < 1.29 is 19.5 Å². The van der Waals surface area contributed by atoms with Gasteiger partial charge in [-0.3, -0.25) is 10.1 Å². The van der Waals surface area contributed by atoms with Gasteiger partial charge in [-0.25, -0.2) is 9.59 Å². The second-order valence-electron chi connectivity index (χ2n) is 4.52. The van der Waals surface area contributed by atoms with Crippen LogP contribution in [0.25, 0.3) is 0 Å². The fourth-order valence-corrected chi connectivity index (χ4v) is 1.51. The molecule has 0 aromatic rings. The Balaban J connectivity index is 2.40. The third kappa shape index (κ3) is 3.87. The molecule has 0 saturated heterocycles. The average Bonchev–Trinajstić information content (AvgIpc) is 2.24. The Labute approximate surface area is 105 Å². The fraction of sp³-hybridized carbons (Fsp3) is 0.583. The van der Waals surface area contributed by atoms with Gasteiger partial charge in [-0.05, 0) is 32.6 Å². The van der Waals surface area contributed by atoms with Crippen molar-refractivity contribution in [1.29, 1.82) is 0 Å². The van der Waals surface area contributed by atoms with Gasteiger partial charge >= 0.3 is 12.0 Å². The zero-order chi connectivity index (χ0) is 13.7. The molecule has 0 bridgehead atoms. The van der Waals surface area contributed by atoms with E-state index in [0.29, 0.717) is 12.5 Å². The molecule has 18 heavy (non-hydrogen) atoms. The summed E-state index contributed by atoms with van der Waals surface area (Å²) in [6, 6.07) is -0.579. The summed E-state index contributed by atoms with van der Waals surface area (Å²) in [5.74, 6) is -1.35. The number of imide groups is 1. The maximum absolute atomic E-state index is 11.5. The van der Waals surface area contributed by atoms with Crippen molar-refractivity contribution in [1.82, 2.24) is 10.6 Å². The highest BCUT2D eigenvalue weighted by atomic mass is 16.4. The van der Waals surface area contributed by atoms with Crippen molar-refractivity contribution in [3.05, 3.63) is 11.1 Å². The van der Waals surface area contributed by atoms with Crippen LogP contribution in [0.15, 0.2) is 11.1 Å². The molecule has 3 N–H and O–H groups in total. The molecule has 1 fully saturated rings. The molecule has 0 aromatic heterocycles. The molecular formula is C12H18N2O4. The molecule has 6 nitrogen and oxygen atoms in total. The van der Waals surface area contributed by atoms with Gasteiger partial charge in [-0.1, -0.05) is 6.42 Å². The van der Waals surface area contributed by atoms with E-state index in [2.05, 4.69) is 10.6 Å². The SMILES string of the molecule is CC(C(=O)O)=C(C)C(=O)NC(=O)NCC1CCC1. The predicted octanol–water partition coefficient (Wildman–Crippen LogP) is 1.03. The molecule has 0 unspecified atom stereocenters. The number of carboxylic acid groups (broad SMARTS) is 1. The van der Waals surface area contributed by atoms with E-state index in [-0.39, 0.29) is 11.1 Å². The highest BCUT2D eigenvalue weighted by molar-refractivity contribution is 6.07. The fourth-order valence-electron chi connectivity index (χ4n) is 1.51. The van der Waals surface area contributed by atoms with E-state index in [1.165, 1.54) is 20.3 Å². The summed E-state index contributed by atoms with van der Waals surface area (Å²) in [6.07, 6.45) is 3.39. The van der Waals surface area contributed by atoms with Crippen LogP contribution in [0.3, 0.4) is 0 Å². The summed E-state index contributed by atoms with van der Waals surface area (Å²) >= 11 is 0. The molecule has 6 heteroatoms. The summed E-state index contributed by atoms with van der Waals surface area (Å²) in [6.45, 7) is 3.25. The number of hydrogen-bond donors (Lipinski definition) is 3. The molecule has 0 radical (unpaired) electrons. The molecule has 1 saturated carbocycles. The number of nitrogens with one attached hydrogen (secondary N) is 2. The largest absolute Gasteiger partial charge is 0.478 e. The third-order valence-electron chi connectivity index (χ3n) is 3.23. The lowest BCUT2D eigenvalue weighted by molar-refractivity contribution is -0.133. The molecule has 100 valence electrons. The monoisotopic (exact) mass is 254 g/mol. The predicted molar refractivity (Wildman–Crippen MR) is 64.9 cm³/mol. The third-order valence-corrected chi connectivity index (χ3v) is 3.23. The molecule has 0 aromatic carbocycles. The summed E-state index contributed by atoms with van der Waals surface area (Å²) < 4.78 is 0. The number of hydrogen-bond acceptors (Lipinski definition) is 3. The lowest BCUT2D eigenvalue weighted by Gasteiger charge is -2.25. The van der Waals surface area contributed by atoms with Crippen molar-refractivity contribution in [3.63, 3.8) is 0 Å². The minimum absolute atomic E-state index is 0.0290. The molecule has 0 spiro atoms. The molecule has 0 heterocycles. The van der Waals surface area contributed by atoms with Crippen LogP contribution < -0.4 is 10.6 Å². The van der Waals surface area contributed by atoms with E-state index in [4.69, 9.17) is 5.11 Å². The van der Waals surface area contributed by atoms with Crippen molar-refractivity contribution in [3.8, 4) is 0 Å². The van der Waals surface area contributed by atoms with E-state index >= 15 is 0 Å². The first-order valence-corrected chi connectivity index (χ1v) is 5.91. The first kappa shape index (κ1) is 14.2. The van der Waals surface area contributed by atoms with Gasteiger partial charge in [0, 0.05) is 17.7 Å². The van der Waals surface area contributed by atoms with Crippen LogP contribution in [0.1, 0.15) is 33.1 Å². The standard InChI is InChI=1S/C12H18N2O4/c1-7(8(2)11(16)17)10(15)14-12(18)13-6-9-4-3-5-9/h9H,3-6H2,1-2H3,(H,16,17)(H2,13,14,15,18). The Kier molecular flexibility index (Phi) is 4.88. The van der Waals surface area contributed by atoms with Gasteiger partial charge in [0.15, 0.2) is 0 Å². The Morgan fingerprint density at radius 2 is 1.78 bits per heavy atom. The Bertz CT molecular complexity index is 397. The van der Waals surface area contributed by atoms with Crippen LogP contribution in [0, 0.1) is 5.92 Å². The number of rotatable bonds is 4. The van der Waals surface area contributed by atoms with E-state index < -0.39 is 17.9 Å². The van der Waals surface area contributed by atoms with Gasteiger partial charge in [-0.15, -0.1) is 0 Å². The molecule has 3 amide bonds. The second kappa shape index (κ2) is 6.18. The quantitative estimate of drug-likeness (QED) is 0.653. The van der Waals surface area contributed by atoms with Crippen molar-refractivity contribution >= 4 is 17.9 Å². The zero-order valence-corrected chi connectivity index (χ0v) is 10.6. The van der Waals surface area contributed by atoms with E-state index in [0.717, 1.165) is 12.8 Å². The number of urea groups is 1. The van der Waals surface area contributed by atoms with Crippen LogP contribution in [-0.4, -0.2) is 29.6 Å². The van der Waals surface area contributed by atoms with Gasteiger partial charge in [0.1, 0.15) is 0 Å². The molecule has 0 atom stereocenters. The Hall–Kier alpha value is -1.85. The topological polar surface area (TPSA) is 95.5 Å². The number of carbonyl (C=O) groups excluding carboxylic acids is 2. The molecule has 1 aliphatic carbocycles. The maximum atomic E-state index is 11.5. The summed E-state index contributed by atoms with van der Waals surface area (Å²) in [5.41, 5.74) is -0.0411. The first-order valence-electron chi connectivity index (χ1n) is 5.91. The Morgan fingerprint density at radius 3 is 2.22 bits per heavy atom. The van der Waals surface area contributed by atoms with Gasteiger partial charge in [0.2, 0.25) is 0 Å². The maximum Gasteiger partial charge on any atom is 0.331 e. The molecule has 1 rings (SSSR count). The molecular weight excluding hydrogens is 236 g/mol. The molecule has 1 aliphatic rings. The van der Waals surface area contributed by atoms with Crippen molar-refractivity contribution in [2.75, 3.05) is 6.54 Å². The number of aliphatic carboxylic acids is 1. The number of amides is 3. The Morgan fingerprint density at radius 1 is 1.17 bits per heavy atom. The highest BCUT2D eigenvalue weighted by Gasteiger charge is 2.19. The summed E-state index contributed by atoms with van der Waals surface area (Å²) in [5, 5.41) is 13.4. The zero-order valence-electron chi connectivity index (χ0n) is 10.6. The lowest BCUT2D eigenvalue weighted by atomic mass is 9.85. The number of carboxylic acids is 1. The average molecular weight is 254 g/mol.